The number of hydrogen-bond acceptors (Lipinski definition) is 5. The van der Waals surface area contributed by atoms with E-state index in [-0.39, 0.29) is 23.7 Å². The Labute approximate surface area is 126 Å². The summed E-state index contributed by atoms with van der Waals surface area (Å²) in [6.45, 7) is 4.20. The van der Waals surface area contributed by atoms with Crippen LogP contribution in [0.1, 0.15) is 13.8 Å². The van der Waals surface area contributed by atoms with Crippen LogP contribution in [0.15, 0.2) is 29.2 Å². The molecule has 0 aromatic heterocycles. The summed E-state index contributed by atoms with van der Waals surface area (Å²) in [7, 11) is -7.20. The second-order valence-electron chi connectivity index (χ2n) is 4.24. The smallest absolute Gasteiger partial charge is 0.242 e. The van der Waals surface area contributed by atoms with Crippen LogP contribution in [0.25, 0.3) is 0 Å². The highest BCUT2D eigenvalue weighted by Crippen LogP contribution is 2.20. The molecule has 3 N–H and O–H groups in total. The Morgan fingerprint density at radius 2 is 1.62 bits per heavy atom. The first kappa shape index (κ1) is 17.9. The van der Waals surface area contributed by atoms with E-state index >= 15 is 0 Å². The summed E-state index contributed by atoms with van der Waals surface area (Å²) >= 11 is 0. The van der Waals surface area contributed by atoms with Gasteiger partial charge in [-0.05, 0) is 19.1 Å². The number of hydrogen-bond donors (Lipinski definition) is 3. The normalized spacial score (nSPS) is 12.3. The summed E-state index contributed by atoms with van der Waals surface area (Å²) in [5.74, 6) is -0.302. The van der Waals surface area contributed by atoms with Gasteiger partial charge in [0.05, 0.1) is 11.4 Å². The highest BCUT2D eigenvalue weighted by Gasteiger charge is 2.18. The number of rotatable bonds is 9. The van der Waals surface area contributed by atoms with E-state index in [1.54, 1.807) is 25.1 Å². The number of benzene rings is 1. The summed E-state index contributed by atoms with van der Waals surface area (Å²) in [6.07, 6.45) is 0. The molecule has 1 aromatic carbocycles. The summed E-state index contributed by atoms with van der Waals surface area (Å²) < 4.78 is 51.9. The fraction of sp³-hybridized carbons (Fsp3) is 0.500. The lowest BCUT2D eigenvalue weighted by Gasteiger charge is -2.12. The molecule has 0 bridgehead atoms. The van der Waals surface area contributed by atoms with E-state index in [0.29, 0.717) is 12.2 Å². The van der Waals surface area contributed by atoms with Crippen LogP contribution >= 0.6 is 0 Å². The van der Waals surface area contributed by atoms with Crippen molar-refractivity contribution in [2.24, 2.45) is 0 Å². The first-order valence-electron chi connectivity index (χ1n) is 6.62. The fourth-order valence-corrected chi connectivity index (χ4v) is 4.02. The van der Waals surface area contributed by atoms with Crippen molar-refractivity contribution in [2.75, 3.05) is 30.7 Å². The zero-order valence-corrected chi connectivity index (χ0v) is 13.7. The summed E-state index contributed by atoms with van der Waals surface area (Å²) in [5, 5.41) is 2.96. The maximum atomic E-state index is 12.2. The molecule has 0 aliphatic carbocycles. The molecule has 0 unspecified atom stereocenters. The largest absolute Gasteiger partial charge is 0.384 e. The van der Waals surface area contributed by atoms with Gasteiger partial charge in [0.2, 0.25) is 20.0 Å². The number of nitrogens with one attached hydrogen (secondary N) is 3. The lowest BCUT2D eigenvalue weighted by atomic mass is 10.3. The third-order valence-electron chi connectivity index (χ3n) is 2.57. The molecular weight excluding hydrogens is 314 g/mol. The zero-order chi connectivity index (χ0) is 15.9. The average Bonchev–Trinajstić information content (AvgIpc) is 2.39. The molecule has 0 radical (unpaired) electrons. The highest BCUT2D eigenvalue weighted by atomic mass is 32.2. The minimum Gasteiger partial charge on any atom is -0.384 e. The van der Waals surface area contributed by atoms with Crippen molar-refractivity contribution in [3.63, 3.8) is 0 Å². The van der Waals surface area contributed by atoms with Crippen LogP contribution in [0.4, 0.5) is 5.69 Å². The van der Waals surface area contributed by atoms with Crippen LogP contribution in [-0.4, -0.2) is 42.2 Å². The molecule has 1 rings (SSSR count). The van der Waals surface area contributed by atoms with Crippen molar-refractivity contribution >= 4 is 25.7 Å². The van der Waals surface area contributed by atoms with Gasteiger partial charge in [0.25, 0.3) is 0 Å². The van der Waals surface area contributed by atoms with Crippen LogP contribution in [0, 0.1) is 0 Å². The lowest BCUT2D eigenvalue weighted by molar-refractivity contribution is 0.577. The highest BCUT2D eigenvalue weighted by molar-refractivity contribution is 7.90. The van der Waals surface area contributed by atoms with Crippen molar-refractivity contribution in [2.45, 2.75) is 18.7 Å². The Balaban J connectivity index is 2.79. The van der Waals surface area contributed by atoms with Gasteiger partial charge in [-0.2, -0.15) is 0 Å². The molecule has 0 amide bonds. The van der Waals surface area contributed by atoms with Gasteiger partial charge in [-0.15, -0.1) is 0 Å². The average molecular weight is 335 g/mol. The molecule has 0 atom stereocenters. The second kappa shape index (κ2) is 7.74. The zero-order valence-electron chi connectivity index (χ0n) is 12.1. The molecule has 0 saturated heterocycles. The Bertz CT molecular complexity index is 657. The van der Waals surface area contributed by atoms with Crippen molar-refractivity contribution < 1.29 is 16.8 Å². The molecule has 0 saturated carbocycles. The van der Waals surface area contributed by atoms with Gasteiger partial charge in [-0.3, -0.25) is 0 Å². The maximum Gasteiger partial charge on any atom is 0.242 e. The molecule has 120 valence electrons. The van der Waals surface area contributed by atoms with Gasteiger partial charge >= 0.3 is 0 Å². The summed E-state index contributed by atoms with van der Waals surface area (Å²) in [5.41, 5.74) is 0.488. The maximum absolute atomic E-state index is 12.2. The molecule has 0 aliphatic rings. The second-order valence-corrected chi connectivity index (χ2v) is 7.90. The quantitative estimate of drug-likeness (QED) is 0.603. The predicted molar refractivity (Wildman–Crippen MR) is 83.3 cm³/mol. The minimum absolute atomic E-state index is 0.104. The Morgan fingerprint density at radius 3 is 2.24 bits per heavy atom. The van der Waals surface area contributed by atoms with E-state index < -0.39 is 20.0 Å². The molecule has 1 aromatic rings. The van der Waals surface area contributed by atoms with Crippen LogP contribution in [0.5, 0.6) is 0 Å². The van der Waals surface area contributed by atoms with Crippen LogP contribution in [0.2, 0.25) is 0 Å². The Morgan fingerprint density at radius 1 is 0.952 bits per heavy atom. The summed E-state index contributed by atoms with van der Waals surface area (Å²) in [4.78, 5) is 0.104. The summed E-state index contributed by atoms with van der Waals surface area (Å²) in [6, 6.07) is 6.48. The Kier molecular flexibility index (Phi) is 6.59. The van der Waals surface area contributed by atoms with Crippen LogP contribution < -0.4 is 14.8 Å². The molecule has 0 spiro atoms. The van der Waals surface area contributed by atoms with E-state index in [0.717, 1.165) is 0 Å². The van der Waals surface area contributed by atoms with Crippen molar-refractivity contribution in [3.8, 4) is 0 Å². The lowest BCUT2D eigenvalue weighted by Crippen LogP contribution is -2.34. The number of anilines is 1. The van der Waals surface area contributed by atoms with Crippen LogP contribution in [0.3, 0.4) is 0 Å². The molecule has 21 heavy (non-hydrogen) atoms. The number of para-hydroxylation sites is 1. The van der Waals surface area contributed by atoms with Gasteiger partial charge in [-0.25, -0.2) is 26.3 Å². The first-order valence-corrected chi connectivity index (χ1v) is 9.76. The molecule has 9 heteroatoms. The number of sulfonamides is 2. The molecular formula is C12H21N3O4S2. The Hall–Kier alpha value is -1.16. The van der Waals surface area contributed by atoms with Gasteiger partial charge in [0.1, 0.15) is 4.90 Å². The van der Waals surface area contributed by atoms with Crippen molar-refractivity contribution in [1.29, 1.82) is 0 Å². The van der Waals surface area contributed by atoms with E-state index in [1.165, 1.54) is 6.07 Å². The van der Waals surface area contributed by atoms with Gasteiger partial charge in [0.15, 0.2) is 0 Å². The van der Waals surface area contributed by atoms with Crippen molar-refractivity contribution in [1.82, 2.24) is 9.44 Å². The van der Waals surface area contributed by atoms with E-state index in [2.05, 4.69) is 14.8 Å². The monoisotopic (exact) mass is 335 g/mol. The molecule has 0 heterocycles. The minimum atomic E-state index is -3.76. The van der Waals surface area contributed by atoms with E-state index in [1.807, 2.05) is 6.92 Å². The van der Waals surface area contributed by atoms with E-state index in [4.69, 9.17) is 0 Å². The van der Waals surface area contributed by atoms with Gasteiger partial charge in [0, 0.05) is 19.6 Å². The first-order chi connectivity index (χ1) is 9.82. The third kappa shape index (κ3) is 5.62. The SMILES string of the molecule is CCNc1ccccc1S(=O)(=O)NCCS(=O)(=O)NCC. The molecule has 7 nitrogen and oxygen atoms in total. The van der Waals surface area contributed by atoms with Crippen LogP contribution in [-0.2, 0) is 20.0 Å². The molecule has 0 aliphatic heterocycles. The molecule has 0 fully saturated rings. The third-order valence-corrected chi connectivity index (χ3v) is 5.56. The standard InChI is InChI=1S/C12H21N3O4S2/c1-3-13-11-7-5-6-8-12(11)21(18,19)15-9-10-20(16,17)14-4-2/h5-8,13-15H,3-4,9-10H2,1-2H3. The van der Waals surface area contributed by atoms with Gasteiger partial charge < -0.3 is 5.32 Å². The van der Waals surface area contributed by atoms with E-state index in [9.17, 15) is 16.8 Å². The van der Waals surface area contributed by atoms with Gasteiger partial charge in [-0.1, -0.05) is 19.1 Å². The predicted octanol–water partition coefficient (Wildman–Crippen LogP) is 0.336. The topological polar surface area (TPSA) is 104 Å². The van der Waals surface area contributed by atoms with Crippen molar-refractivity contribution in [3.05, 3.63) is 24.3 Å². The fourth-order valence-electron chi connectivity index (χ4n) is 1.72.